The van der Waals surface area contributed by atoms with E-state index in [1.54, 1.807) is 10.9 Å². The largest absolute Gasteiger partial charge is 0.368 e. The van der Waals surface area contributed by atoms with Gasteiger partial charge < -0.3 is 16.0 Å². The molecular formula is C26H28N8O. The molecule has 2 aromatic heterocycles. The van der Waals surface area contributed by atoms with E-state index in [-0.39, 0.29) is 17.3 Å². The van der Waals surface area contributed by atoms with Crippen LogP contribution in [0, 0.1) is 5.41 Å². The number of nitrogens with zero attached hydrogens (tertiary/aromatic N) is 6. The number of aryl methyl sites for hydroxylation is 1. The smallest absolute Gasteiger partial charge is 0.232 e. The van der Waals surface area contributed by atoms with Crippen LogP contribution in [-0.2, 0) is 11.8 Å². The summed E-state index contributed by atoms with van der Waals surface area (Å²) in [6, 6.07) is 17.5. The summed E-state index contributed by atoms with van der Waals surface area (Å²) in [5, 5.41) is 7.87. The van der Waals surface area contributed by atoms with Crippen molar-refractivity contribution in [3.8, 4) is 22.6 Å². The third-order valence-electron chi connectivity index (χ3n) is 6.74. The Morgan fingerprint density at radius 2 is 1.74 bits per heavy atom. The van der Waals surface area contributed by atoms with Crippen LogP contribution in [0.2, 0.25) is 0 Å². The molecule has 9 nitrogen and oxygen atoms in total. The number of aromatic nitrogens is 5. The van der Waals surface area contributed by atoms with Crippen molar-refractivity contribution < 1.29 is 4.79 Å². The molecule has 1 aliphatic rings. The molecule has 5 rings (SSSR count). The average molecular weight is 469 g/mol. The van der Waals surface area contributed by atoms with E-state index in [1.807, 2.05) is 66.5 Å². The highest BCUT2D eigenvalue weighted by molar-refractivity contribution is 5.99. The Morgan fingerprint density at radius 1 is 1.03 bits per heavy atom. The zero-order valence-electron chi connectivity index (χ0n) is 20.1. The summed E-state index contributed by atoms with van der Waals surface area (Å²) >= 11 is 0. The Hall–Kier alpha value is -4.27. The molecule has 0 radical (unpaired) electrons. The van der Waals surface area contributed by atoms with Crippen LogP contribution in [-0.4, -0.2) is 37.2 Å². The van der Waals surface area contributed by atoms with Gasteiger partial charge in [0.15, 0.2) is 5.82 Å². The van der Waals surface area contributed by atoms with Gasteiger partial charge in [-0.05, 0) is 55.3 Å². The quantitative estimate of drug-likeness (QED) is 0.430. The van der Waals surface area contributed by atoms with Gasteiger partial charge in [-0.2, -0.15) is 4.98 Å². The summed E-state index contributed by atoms with van der Waals surface area (Å²) in [6.07, 6.45) is 3.38. The van der Waals surface area contributed by atoms with Crippen molar-refractivity contribution in [3.63, 3.8) is 0 Å². The van der Waals surface area contributed by atoms with E-state index < -0.39 is 0 Å². The zero-order chi connectivity index (χ0) is 24.6. The van der Waals surface area contributed by atoms with Gasteiger partial charge in [0.05, 0.1) is 5.69 Å². The lowest BCUT2D eigenvalue weighted by molar-refractivity contribution is -0.124. The van der Waals surface area contributed by atoms with Gasteiger partial charge >= 0.3 is 0 Å². The first-order valence-corrected chi connectivity index (χ1v) is 11.7. The third kappa shape index (κ3) is 4.32. The van der Waals surface area contributed by atoms with Crippen LogP contribution >= 0.6 is 0 Å². The van der Waals surface area contributed by atoms with Crippen LogP contribution in [0.25, 0.3) is 22.6 Å². The van der Waals surface area contributed by atoms with Crippen LogP contribution in [0.3, 0.4) is 0 Å². The lowest BCUT2D eigenvalue weighted by Gasteiger charge is -2.22. The second-order valence-corrected chi connectivity index (χ2v) is 9.05. The average Bonchev–Trinajstić information content (AvgIpc) is 3.39. The number of amides is 1. The molecule has 0 aliphatic carbocycles. The van der Waals surface area contributed by atoms with E-state index in [0.717, 1.165) is 47.6 Å². The molecule has 0 saturated carbocycles. The van der Waals surface area contributed by atoms with Gasteiger partial charge in [-0.15, -0.1) is 5.10 Å². The lowest BCUT2D eigenvalue weighted by atomic mass is 9.86. The van der Waals surface area contributed by atoms with E-state index >= 15 is 0 Å². The van der Waals surface area contributed by atoms with Crippen molar-refractivity contribution in [2.75, 3.05) is 22.5 Å². The van der Waals surface area contributed by atoms with Gasteiger partial charge in [0, 0.05) is 47.7 Å². The van der Waals surface area contributed by atoms with Gasteiger partial charge in [-0.25, -0.2) is 14.6 Å². The minimum absolute atomic E-state index is 0.199. The molecule has 1 fully saturated rings. The molecule has 1 amide bonds. The maximum absolute atomic E-state index is 12.8. The second-order valence-electron chi connectivity index (χ2n) is 9.05. The normalized spacial score (nSPS) is 17.7. The number of benzene rings is 2. The number of rotatable bonds is 6. The highest BCUT2D eigenvalue weighted by atomic mass is 16.2. The standard InChI is InChI=1S/C26H28N8O/c1-4-26(2)14-16-34(23(26)35)20-11-7-18(8-12-20)22-31-25(33(3)32-22)29-19-9-5-17(6-10-19)21-13-15-28-24(27)30-21/h5-13,15H,4,14,16H2,1-3H3,(H2,27,28,30)(H,29,31,32). The molecule has 0 bridgehead atoms. The molecule has 4 aromatic rings. The fourth-order valence-corrected chi connectivity index (χ4v) is 4.26. The molecule has 9 heteroatoms. The second kappa shape index (κ2) is 8.83. The summed E-state index contributed by atoms with van der Waals surface area (Å²) in [5.74, 6) is 1.68. The highest BCUT2D eigenvalue weighted by Crippen LogP contribution is 2.37. The van der Waals surface area contributed by atoms with E-state index in [4.69, 9.17) is 5.73 Å². The Balaban J connectivity index is 1.30. The monoisotopic (exact) mass is 468 g/mol. The van der Waals surface area contributed by atoms with Crippen molar-refractivity contribution in [1.82, 2.24) is 24.7 Å². The molecule has 1 aliphatic heterocycles. The number of hydrogen-bond acceptors (Lipinski definition) is 7. The molecule has 1 saturated heterocycles. The first kappa shape index (κ1) is 22.5. The van der Waals surface area contributed by atoms with Crippen molar-refractivity contribution in [2.45, 2.75) is 26.7 Å². The fraction of sp³-hybridized carbons (Fsp3) is 0.269. The summed E-state index contributed by atoms with van der Waals surface area (Å²) < 4.78 is 1.71. The molecule has 1 atom stereocenters. The Morgan fingerprint density at radius 3 is 2.40 bits per heavy atom. The van der Waals surface area contributed by atoms with Crippen molar-refractivity contribution in [1.29, 1.82) is 0 Å². The van der Waals surface area contributed by atoms with E-state index in [9.17, 15) is 4.79 Å². The Bertz CT molecular complexity index is 1360. The van der Waals surface area contributed by atoms with E-state index in [1.165, 1.54) is 0 Å². The number of carbonyl (C=O) groups excluding carboxylic acids is 1. The van der Waals surface area contributed by atoms with E-state index in [0.29, 0.717) is 11.8 Å². The summed E-state index contributed by atoms with van der Waals surface area (Å²) in [6.45, 7) is 4.88. The predicted octanol–water partition coefficient (Wildman–Crippen LogP) is 4.42. The van der Waals surface area contributed by atoms with Crippen molar-refractivity contribution in [3.05, 3.63) is 60.8 Å². The Labute approximate surface area is 204 Å². The van der Waals surface area contributed by atoms with Crippen LogP contribution in [0.1, 0.15) is 26.7 Å². The first-order chi connectivity index (χ1) is 16.9. The van der Waals surface area contributed by atoms with Crippen LogP contribution in [0.5, 0.6) is 0 Å². The molecule has 3 heterocycles. The Kier molecular flexibility index (Phi) is 5.68. The number of nitrogen functional groups attached to an aromatic ring is 1. The molecule has 3 N–H and O–H groups in total. The maximum Gasteiger partial charge on any atom is 0.232 e. The number of nitrogens with one attached hydrogen (secondary N) is 1. The minimum Gasteiger partial charge on any atom is -0.368 e. The molecule has 2 aromatic carbocycles. The van der Waals surface area contributed by atoms with Gasteiger partial charge in [0.2, 0.25) is 17.8 Å². The summed E-state index contributed by atoms with van der Waals surface area (Å²) in [7, 11) is 1.85. The maximum atomic E-state index is 12.8. The number of nitrogens with two attached hydrogens (primary N) is 1. The van der Waals surface area contributed by atoms with Crippen LogP contribution in [0.4, 0.5) is 23.3 Å². The van der Waals surface area contributed by atoms with Crippen molar-refractivity contribution >= 4 is 29.2 Å². The van der Waals surface area contributed by atoms with Gasteiger partial charge in [-0.3, -0.25) is 4.79 Å². The van der Waals surface area contributed by atoms with Gasteiger partial charge in [0.1, 0.15) is 0 Å². The lowest BCUT2D eigenvalue weighted by Crippen LogP contribution is -2.32. The first-order valence-electron chi connectivity index (χ1n) is 11.7. The van der Waals surface area contributed by atoms with Gasteiger partial charge in [-0.1, -0.05) is 26.0 Å². The summed E-state index contributed by atoms with van der Waals surface area (Å²) in [5.41, 5.74) is 9.81. The van der Waals surface area contributed by atoms with Crippen molar-refractivity contribution in [2.24, 2.45) is 12.5 Å². The SMILES string of the molecule is CCC1(C)CCN(c2ccc(-c3nc(Nc4ccc(-c5ccnc(N)n5)cc4)n(C)n3)cc2)C1=O. The minimum atomic E-state index is -0.262. The molecule has 1 unspecified atom stereocenters. The van der Waals surface area contributed by atoms with Crippen LogP contribution in [0.15, 0.2) is 60.8 Å². The van der Waals surface area contributed by atoms with Crippen LogP contribution < -0.4 is 16.0 Å². The molecule has 178 valence electrons. The number of anilines is 4. The fourth-order valence-electron chi connectivity index (χ4n) is 4.26. The van der Waals surface area contributed by atoms with Gasteiger partial charge in [0.25, 0.3) is 0 Å². The summed E-state index contributed by atoms with van der Waals surface area (Å²) in [4.78, 5) is 27.6. The molecular weight excluding hydrogens is 440 g/mol. The van der Waals surface area contributed by atoms with E-state index in [2.05, 4.69) is 39.2 Å². The zero-order valence-corrected chi connectivity index (χ0v) is 20.1. The molecule has 35 heavy (non-hydrogen) atoms. The third-order valence-corrected chi connectivity index (χ3v) is 6.74. The predicted molar refractivity (Wildman–Crippen MR) is 137 cm³/mol. The highest BCUT2D eigenvalue weighted by Gasteiger charge is 2.41. The number of hydrogen-bond donors (Lipinski definition) is 2. The topological polar surface area (TPSA) is 115 Å². The molecule has 0 spiro atoms. The number of carbonyl (C=O) groups is 1.